The van der Waals surface area contributed by atoms with E-state index in [0.717, 1.165) is 32.5 Å². The summed E-state index contributed by atoms with van der Waals surface area (Å²) < 4.78 is 4.85. The van der Waals surface area contributed by atoms with Gasteiger partial charge >= 0.3 is 6.09 Å². The van der Waals surface area contributed by atoms with Crippen LogP contribution in [0.5, 0.6) is 0 Å². The van der Waals surface area contributed by atoms with Gasteiger partial charge in [-0.1, -0.05) is 19.3 Å². The molecule has 3 rings (SSSR count). The average Bonchev–Trinajstić information content (AvgIpc) is 2.89. The molecule has 3 fully saturated rings. The van der Waals surface area contributed by atoms with E-state index in [1.54, 1.807) is 0 Å². The molecule has 6 nitrogen and oxygen atoms in total. The normalized spacial score (nSPS) is 26.8. The predicted octanol–water partition coefficient (Wildman–Crippen LogP) is 0.573. The van der Waals surface area contributed by atoms with Crippen molar-refractivity contribution in [1.29, 1.82) is 0 Å². The summed E-state index contributed by atoms with van der Waals surface area (Å²) in [6.07, 6.45) is 5.58. The Morgan fingerprint density at radius 1 is 1.25 bits per heavy atom. The number of amides is 2. The lowest BCUT2D eigenvalue weighted by molar-refractivity contribution is -0.131. The van der Waals surface area contributed by atoms with Crippen LogP contribution in [-0.2, 0) is 9.53 Å². The number of hydrogen-bond donors (Lipinski definition) is 1. The molecule has 6 heteroatoms. The zero-order chi connectivity index (χ0) is 14.0. The van der Waals surface area contributed by atoms with Gasteiger partial charge in [0.15, 0.2) is 0 Å². The van der Waals surface area contributed by atoms with Crippen LogP contribution in [0.25, 0.3) is 0 Å². The fraction of sp³-hybridized carbons (Fsp3) is 0.857. The Labute approximate surface area is 119 Å². The van der Waals surface area contributed by atoms with Crippen LogP contribution < -0.4 is 5.32 Å². The number of carbonyl (C=O) groups is 2. The van der Waals surface area contributed by atoms with Crippen molar-refractivity contribution in [2.75, 3.05) is 39.3 Å². The highest BCUT2D eigenvalue weighted by Crippen LogP contribution is 2.34. The van der Waals surface area contributed by atoms with E-state index in [-0.39, 0.29) is 11.4 Å². The number of carbonyl (C=O) groups excluding carboxylic acids is 2. The summed E-state index contributed by atoms with van der Waals surface area (Å²) in [5.74, 6) is -0.112. The Balaban J connectivity index is 1.67. The van der Waals surface area contributed by atoms with E-state index in [1.807, 2.05) is 0 Å². The van der Waals surface area contributed by atoms with Gasteiger partial charge < -0.3 is 10.1 Å². The van der Waals surface area contributed by atoms with E-state index in [4.69, 9.17) is 4.74 Å². The van der Waals surface area contributed by atoms with E-state index >= 15 is 0 Å². The van der Waals surface area contributed by atoms with Gasteiger partial charge in [0, 0.05) is 25.2 Å². The van der Waals surface area contributed by atoms with Gasteiger partial charge in [-0.05, 0) is 12.8 Å². The van der Waals surface area contributed by atoms with Crippen molar-refractivity contribution < 1.29 is 14.3 Å². The second kappa shape index (κ2) is 5.69. The fourth-order valence-corrected chi connectivity index (χ4v) is 3.70. The lowest BCUT2D eigenvalue weighted by Crippen LogP contribution is -2.63. The molecular weight excluding hydrogens is 258 g/mol. The van der Waals surface area contributed by atoms with Crippen LogP contribution in [0.15, 0.2) is 0 Å². The Kier molecular flexibility index (Phi) is 3.94. The summed E-state index contributed by atoms with van der Waals surface area (Å²) in [5, 5.41) is 3.47. The number of piperazine rings is 1. The third kappa shape index (κ3) is 2.54. The second-order valence-electron chi connectivity index (χ2n) is 6.04. The highest BCUT2D eigenvalue weighted by molar-refractivity contribution is 5.94. The minimum absolute atomic E-state index is 0.112. The van der Waals surface area contributed by atoms with Crippen molar-refractivity contribution in [3.05, 3.63) is 0 Å². The number of nitrogens with one attached hydrogen (secondary N) is 1. The maximum absolute atomic E-state index is 12.3. The summed E-state index contributed by atoms with van der Waals surface area (Å²) in [4.78, 5) is 27.3. The van der Waals surface area contributed by atoms with Crippen molar-refractivity contribution in [3.63, 3.8) is 0 Å². The van der Waals surface area contributed by atoms with Gasteiger partial charge in [0.2, 0.25) is 5.91 Å². The SMILES string of the molecule is O=C(CN1CCNCC12CCCCC2)N1CCOC1=O. The quantitative estimate of drug-likeness (QED) is 0.802. The first-order valence-electron chi connectivity index (χ1n) is 7.64. The van der Waals surface area contributed by atoms with Crippen molar-refractivity contribution in [1.82, 2.24) is 15.1 Å². The number of imide groups is 1. The minimum atomic E-state index is -0.483. The molecule has 0 bridgehead atoms. The van der Waals surface area contributed by atoms with Gasteiger partial charge in [0.1, 0.15) is 6.61 Å². The molecule has 20 heavy (non-hydrogen) atoms. The molecule has 0 radical (unpaired) electrons. The first kappa shape index (κ1) is 13.8. The van der Waals surface area contributed by atoms with Crippen LogP contribution in [0.1, 0.15) is 32.1 Å². The third-order valence-electron chi connectivity index (χ3n) is 4.86. The Bertz CT molecular complexity index is 385. The molecule has 2 heterocycles. The van der Waals surface area contributed by atoms with Crippen molar-refractivity contribution in [2.45, 2.75) is 37.6 Å². The smallest absolute Gasteiger partial charge is 0.416 e. The summed E-state index contributed by atoms with van der Waals surface area (Å²) in [6.45, 7) is 3.84. The lowest BCUT2D eigenvalue weighted by Gasteiger charge is -2.49. The molecule has 0 aromatic rings. The third-order valence-corrected chi connectivity index (χ3v) is 4.86. The Morgan fingerprint density at radius 3 is 2.75 bits per heavy atom. The molecule has 0 unspecified atom stereocenters. The highest BCUT2D eigenvalue weighted by atomic mass is 16.6. The molecule has 0 aromatic heterocycles. The molecule has 2 amide bonds. The number of nitrogens with zero attached hydrogens (tertiary/aromatic N) is 2. The van der Waals surface area contributed by atoms with Gasteiger partial charge in [-0.15, -0.1) is 0 Å². The van der Waals surface area contributed by atoms with E-state index in [1.165, 1.54) is 24.2 Å². The maximum Gasteiger partial charge on any atom is 0.416 e. The number of cyclic esters (lactones) is 1. The zero-order valence-electron chi connectivity index (χ0n) is 11.9. The number of ether oxygens (including phenoxy) is 1. The predicted molar refractivity (Wildman–Crippen MR) is 73.3 cm³/mol. The fourth-order valence-electron chi connectivity index (χ4n) is 3.70. The summed E-state index contributed by atoms with van der Waals surface area (Å²) >= 11 is 0. The molecule has 1 saturated carbocycles. The second-order valence-corrected chi connectivity index (χ2v) is 6.04. The van der Waals surface area contributed by atoms with Crippen LogP contribution in [-0.4, -0.2) is 66.7 Å². The molecule has 0 atom stereocenters. The molecule has 0 aromatic carbocycles. The average molecular weight is 281 g/mol. The van der Waals surface area contributed by atoms with E-state index < -0.39 is 6.09 Å². The summed E-state index contributed by atoms with van der Waals surface area (Å²) in [7, 11) is 0. The van der Waals surface area contributed by atoms with Gasteiger partial charge in [-0.25, -0.2) is 9.69 Å². The van der Waals surface area contributed by atoms with Crippen LogP contribution in [0.4, 0.5) is 4.79 Å². The van der Waals surface area contributed by atoms with Crippen LogP contribution in [0.2, 0.25) is 0 Å². The monoisotopic (exact) mass is 281 g/mol. The Hall–Kier alpha value is -1.14. The molecule has 1 aliphatic carbocycles. The van der Waals surface area contributed by atoms with Crippen molar-refractivity contribution in [2.24, 2.45) is 0 Å². The molecule has 2 aliphatic heterocycles. The van der Waals surface area contributed by atoms with Gasteiger partial charge in [0.05, 0.1) is 13.1 Å². The van der Waals surface area contributed by atoms with Crippen LogP contribution in [0, 0.1) is 0 Å². The zero-order valence-corrected chi connectivity index (χ0v) is 11.9. The first-order chi connectivity index (χ1) is 9.71. The lowest BCUT2D eigenvalue weighted by atomic mass is 9.79. The van der Waals surface area contributed by atoms with Gasteiger partial charge in [0.25, 0.3) is 0 Å². The molecule has 1 N–H and O–H groups in total. The Morgan fingerprint density at radius 2 is 2.05 bits per heavy atom. The van der Waals surface area contributed by atoms with Gasteiger partial charge in [-0.2, -0.15) is 0 Å². The summed E-state index contributed by atoms with van der Waals surface area (Å²) in [5.41, 5.74) is 0.121. The molecule has 2 saturated heterocycles. The minimum Gasteiger partial charge on any atom is -0.447 e. The topological polar surface area (TPSA) is 61.9 Å². The molecule has 112 valence electrons. The van der Waals surface area contributed by atoms with E-state index in [2.05, 4.69) is 10.2 Å². The van der Waals surface area contributed by atoms with Gasteiger partial charge in [-0.3, -0.25) is 9.69 Å². The summed E-state index contributed by atoms with van der Waals surface area (Å²) in [6, 6.07) is 0. The largest absolute Gasteiger partial charge is 0.447 e. The number of rotatable bonds is 2. The van der Waals surface area contributed by atoms with E-state index in [0.29, 0.717) is 19.7 Å². The molecular formula is C14H23N3O3. The number of hydrogen-bond acceptors (Lipinski definition) is 5. The molecule has 3 aliphatic rings. The molecule has 1 spiro atoms. The highest BCUT2D eigenvalue weighted by Gasteiger charge is 2.41. The maximum atomic E-state index is 12.3. The van der Waals surface area contributed by atoms with E-state index in [9.17, 15) is 9.59 Å². The van der Waals surface area contributed by atoms with Crippen LogP contribution in [0.3, 0.4) is 0 Å². The van der Waals surface area contributed by atoms with Crippen LogP contribution >= 0.6 is 0 Å². The van der Waals surface area contributed by atoms with Crippen molar-refractivity contribution in [3.8, 4) is 0 Å². The standard InChI is InChI=1S/C14H23N3O3/c18-12(17-8-9-20-13(17)19)10-16-7-6-15-11-14(16)4-2-1-3-5-14/h15H,1-11H2. The first-order valence-corrected chi connectivity index (χ1v) is 7.64. The van der Waals surface area contributed by atoms with Crippen molar-refractivity contribution >= 4 is 12.0 Å².